The molecule has 2 N–H and O–H groups in total. The van der Waals surface area contributed by atoms with E-state index in [1.54, 1.807) is 18.3 Å². The van der Waals surface area contributed by atoms with Crippen LogP contribution in [0.4, 0.5) is 10.1 Å². The number of hydrogen-bond donors (Lipinski definition) is 2. The van der Waals surface area contributed by atoms with Crippen LogP contribution in [0.1, 0.15) is 6.92 Å². The summed E-state index contributed by atoms with van der Waals surface area (Å²) >= 11 is 0. The summed E-state index contributed by atoms with van der Waals surface area (Å²) in [5, 5.41) is 11.3. The molecule has 1 atom stereocenters. The SMILES string of the molecule is CC(ON1C=CN(c2cccc(F)c2)N1)C(=O)O. The summed E-state index contributed by atoms with van der Waals surface area (Å²) in [6.07, 6.45) is 2.09. The zero-order valence-corrected chi connectivity index (χ0v) is 9.58. The van der Waals surface area contributed by atoms with Crippen molar-refractivity contribution in [1.82, 2.24) is 10.7 Å². The molecule has 0 bridgehead atoms. The lowest BCUT2D eigenvalue weighted by Gasteiger charge is -2.23. The van der Waals surface area contributed by atoms with Gasteiger partial charge in [0.25, 0.3) is 0 Å². The van der Waals surface area contributed by atoms with Crippen molar-refractivity contribution < 1.29 is 19.1 Å². The highest BCUT2D eigenvalue weighted by molar-refractivity contribution is 5.71. The van der Waals surface area contributed by atoms with E-state index in [4.69, 9.17) is 9.94 Å². The number of carboxylic acid groups (broad SMARTS) is 1. The van der Waals surface area contributed by atoms with Crippen LogP contribution in [0.2, 0.25) is 0 Å². The standard InChI is InChI=1S/C11H12FN3O3/c1-8(11(16)17)18-15-6-5-14(13-15)10-4-2-3-9(12)7-10/h2-8,13H,1H3,(H,16,17). The lowest BCUT2D eigenvalue weighted by Crippen LogP contribution is -2.42. The maximum Gasteiger partial charge on any atom is 0.335 e. The molecule has 18 heavy (non-hydrogen) atoms. The second-order valence-corrected chi connectivity index (χ2v) is 3.66. The van der Waals surface area contributed by atoms with Gasteiger partial charge >= 0.3 is 5.97 Å². The summed E-state index contributed by atoms with van der Waals surface area (Å²) in [7, 11) is 0. The minimum Gasteiger partial charge on any atom is -0.479 e. The summed E-state index contributed by atoms with van der Waals surface area (Å²) in [5.74, 6) is -1.43. The molecule has 0 saturated heterocycles. The number of carboxylic acids is 1. The molecule has 7 heteroatoms. The van der Waals surface area contributed by atoms with E-state index in [0.29, 0.717) is 5.69 Å². The highest BCUT2D eigenvalue weighted by atomic mass is 19.1. The first kappa shape index (κ1) is 12.3. The highest BCUT2D eigenvalue weighted by Crippen LogP contribution is 2.17. The van der Waals surface area contributed by atoms with Gasteiger partial charge in [0.1, 0.15) is 5.82 Å². The second kappa shape index (κ2) is 5.03. The average molecular weight is 253 g/mol. The van der Waals surface area contributed by atoms with Gasteiger partial charge in [-0.2, -0.15) is 5.17 Å². The van der Waals surface area contributed by atoms with E-state index < -0.39 is 12.1 Å². The fourth-order valence-electron chi connectivity index (χ4n) is 1.34. The van der Waals surface area contributed by atoms with Crippen molar-refractivity contribution in [2.75, 3.05) is 5.01 Å². The van der Waals surface area contributed by atoms with Crippen LogP contribution in [-0.2, 0) is 9.63 Å². The molecule has 1 aliphatic heterocycles. The summed E-state index contributed by atoms with van der Waals surface area (Å²) in [4.78, 5) is 15.7. The van der Waals surface area contributed by atoms with Crippen LogP contribution >= 0.6 is 0 Å². The Morgan fingerprint density at radius 2 is 2.28 bits per heavy atom. The molecule has 96 valence electrons. The number of aliphatic carboxylic acids is 1. The number of hydrazine groups is 2. The molecule has 6 nitrogen and oxygen atoms in total. The van der Waals surface area contributed by atoms with Crippen LogP contribution in [-0.4, -0.2) is 22.4 Å². The van der Waals surface area contributed by atoms with Gasteiger partial charge in [-0.1, -0.05) is 6.07 Å². The van der Waals surface area contributed by atoms with Gasteiger partial charge in [0.2, 0.25) is 0 Å². The van der Waals surface area contributed by atoms with Crippen LogP contribution in [0.3, 0.4) is 0 Å². The monoisotopic (exact) mass is 253 g/mol. The third kappa shape index (κ3) is 2.76. The number of rotatable bonds is 4. The third-order valence-electron chi connectivity index (χ3n) is 2.26. The van der Waals surface area contributed by atoms with Crippen molar-refractivity contribution in [3.05, 3.63) is 42.5 Å². The van der Waals surface area contributed by atoms with E-state index in [-0.39, 0.29) is 5.82 Å². The first-order valence-electron chi connectivity index (χ1n) is 5.24. The van der Waals surface area contributed by atoms with Crippen LogP contribution < -0.4 is 10.5 Å². The van der Waals surface area contributed by atoms with E-state index in [1.807, 2.05) is 0 Å². The maximum absolute atomic E-state index is 13.0. The van der Waals surface area contributed by atoms with E-state index >= 15 is 0 Å². The topological polar surface area (TPSA) is 65.0 Å². The van der Waals surface area contributed by atoms with Crippen molar-refractivity contribution in [3.63, 3.8) is 0 Å². The minimum absolute atomic E-state index is 0.360. The van der Waals surface area contributed by atoms with E-state index in [2.05, 4.69) is 5.53 Å². The van der Waals surface area contributed by atoms with Gasteiger partial charge in [0, 0.05) is 6.20 Å². The predicted octanol–water partition coefficient (Wildman–Crippen LogP) is 1.24. The number of hydrogen-bond acceptors (Lipinski definition) is 5. The Labute approximate surface area is 103 Å². The Morgan fingerprint density at radius 3 is 2.94 bits per heavy atom. The number of benzene rings is 1. The van der Waals surface area contributed by atoms with Gasteiger partial charge in [-0.05, 0) is 25.1 Å². The number of carbonyl (C=O) groups is 1. The first-order chi connectivity index (χ1) is 8.56. The molecule has 1 heterocycles. The summed E-state index contributed by atoms with van der Waals surface area (Å²) < 4.78 is 13.0. The molecule has 1 unspecified atom stereocenters. The smallest absolute Gasteiger partial charge is 0.335 e. The van der Waals surface area contributed by atoms with E-state index in [1.165, 1.54) is 30.3 Å². The molecule has 0 aromatic heterocycles. The fraction of sp³-hybridized carbons (Fsp3) is 0.182. The zero-order valence-electron chi connectivity index (χ0n) is 9.58. The number of halogens is 1. The van der Waals surface area contributed by atoms with Crippen LogP contribution in [0.15, 0.2) is 36.7 Å². The van der Waals surface area contributed by atoms with Crippen molar-refractivity contribution in [2.45, 2.75) is 13.0 Å². The molecule has 0 saturated carbocycles. The van der Waals surface area contributed by atoms with Crippen molar-refractivity contribution in [2.24, 2.45) is 0 Å². The number of anilines is 1. The number of hydroxylamine groups is 1. The van der Waals surface area contributed by atoms with Gasteiger partial charge in [-0.3, -0.25) is 5.01 Å². The lowest BCUT2D eigenvalue weighted by molar-refractivity contribution is -0.201. The lowest BCUT2D eigenvalue weighted by atomic mass is 10.3. The van der Waals surface area contributed by atoms with Gasteiger partial charge < -0.3 is 5.11 Å². The highest BCUT2D eigenvalue weighted by Gasteiger charge is 2.20. The molecule has 1 aromatic rings. The van der Waals surface area contributed by atoms with Crippen LogP contribution in [0, 0.1) is 5.82 Å². The van der Waals surface area contributed by atoms with Gasteiger partial charge in [-0.25, -0.2) is 14.0 Å². The predicted molar refractivity (Wildman–Crippen MR) is 61.2 cm³/mol. The number of nitrogens with zero attached hydrogens (tertiary/aromatic N) is 2. The first-order valence-corrected chi connectivity index (χ1v) is 5.24. The molecule has 0 radical (unpaired) electrons. The Balaban J connectivity index is 1.97. The van der Waals surface area contributed by atoms with Crippen LogP contribution in [0.5, 0.6) is 0 Å². The van der Waals surface area contributed by atoms with Crippen molar-refractivity contribution in [1.29, 1.82) is 0 Å². The summed E-state index contributed by atoms with van der Waals surface area (Å²) in [6.45, 7) is 1.41. The Bertz CT molecular complexity index is 480. The van der Waals surface area contributed by atoms with Gasteiger partial charge in [0.15, 0.2) is 6.10 Å². The summed E-state index contributed by atoms with van der Waals surface area (Å²) in [5.41, 5.74) is 3.29. The molecular formula is C11H12FN3O3. The molecule has 2 rings (SSSR count). The molecule has 0 amide bonds. The molecule has 1 aliphatic rings. The normalized spacial score (nSPS) is 16.1. The molecule has 0 fully saturated rings. The Kier molecular flexibility index (Phi) is 3.45. The van der Waals surface area contributed by atoms with E-state index in [9.17, 15) is 9.18 Å². The van der Waals surface area contributed by atoms with Gasteiger partial charge in [0.05, 0.1) is 11.9 Å². The molecule has 0 aliphatic carbocycles. The zero-order chi connectivity index (χ0) is 13.1. The quantitative estimate of drug-likeness (QED) is 0.841. The maximum atomic E-state index is 13.0. The average Bonchev–Trinajstić information content (AvgIpc) is 2.77. The molecule has 0 spiro atoms. The Hall–Kier alpha value is -2.12. The summed E-state index contributed by atoms with van der Waals surface area (Å²) in [6, 6.07) is 5.94. The second-order valence-electron chi connectivity index (χ2n) is 3.66. The van der Waals surface area contributed by atoms with Crippen LogP contribution in [0.25, 0.3) is 0 Å². The minimum atomic E-state index is -1.07. The third-order valence-corrected chi connectivity index (χ3v) is 2.26. The van der Waals surface area contributed by atoms with Crippen molar-refractivity contribution >= 4 is 11.7 Å². The Morgan fingerprint density at radius 1 is 1.50 bits per heavy atom. The molecular weight excluding hydrogens is 241 g/mol. The van der Waals surface area contributed by atoms with Gasteiger partial charge in [-0.15, -0.1) is 5.53 Å². The molecule has 1 aromatic carbocycles. The fourth-order valence-corrected chi connectivity index (χ4v) is 1.34. The number of nitrogens with one attached hydrogen (secondary N) is 1. The largest absolute Gasteiger partial charge is 0.479 e. The van der Waals surface area contributed by atoms with E-state index in [0.717, 1.165) is 5.17 Å². The van der Waals surface area contributed by atoms with Crippen molar-refractivity contribution in [3.8, 4) is 0 Å².